The van der Waals surface area contributed by atoms with E-state index in [0.29, 0.717) is 25.9 Å². The second kappa shape index (κ2) is 9.26. The number of aromatic nitrogens is 1. The van der Waals surface area contributed by atoms with Crippen LogP contribution in [0.4, 0.5) is 4.39 Å². The van der Waals surface area contributed by atoms with Gasteiger partial charge in [-0.2, -0.15) is 0 Å². The van der Waals surface area contributed by atoms with Crippen LogP contribution in [0.3, 0.4) is 0 Å². The van der Waals surface area contributed by atoms with E-state index >= 15 is 0 Å². The molecule has 152 valence electrons. The van der Waals surface area contributed by atoms with Gasteiger partial charge >= 0.3 is 0 Å². The van der Waals surface area contributed by atoms with Crippen LogP contribution in [-0.4, -0.2) is 10.5 Å². The molecule has 1 aromatic heterocycles. The molecule has 0 saturated carbocycles. The number of para-hydroxylation sites is 1. The highest BCUT2D eigenvalue weighted by Gasteiger charge is 2.11. The standard InChI is InChI=1S/C25H22BrFN2O/c26-21-5-3-4-19(14-21)15-28-25(30)13-10-20-17-29(24-7-2-1-6-23(20)24)16-18-8-11-22(27)12-9-18/h1-9,11-12,14,17H,10,13,15-16H2,(H,28,30). The van der Waals surface area contributed by atoms with Crippen LogP contribution in [0, 0.1) is 5.82 Å². The molecule has 0 aliphatic rings. The summed E-state index contributed by atoms with van der Waals surface area (Å²) in [6.45, 7) is 1.18. The lowest BCUT2D eigenvalue weighted by Gasteiger charge is -2.06. The normalized spacial score (nSPS) is 11.0. The molecule has 0 unspecified atom stereocenters. The van der Waals surface area contributed by atoms with Crippen LogP contribution >= 0.6 is 15.9 Å². The lowest BCUT2D eigenvalue weighted by molar-refractivity contribution is -0.121. The predicted octanol–water partition coefficient (Wildman–Crippen LogP) is 5.84. The summed E-state index contributed by atoms with van der Waals surface area (Å²) in [5.41, 5.74) is 4.36. The molecule has 4 aromatic rings. The van der Waals surface area contributed by atoms with Crippen molar-refractivity contribution in [2.45, 2.75) is 25.9 Å². The van der Waals surface area contributed by atoms with Crippen molar-refractivity contribution in [3.63, 3.8) is 0 Å². The minimum absolute atomic E-state index is 0.0327. The molecule has 0 aliphatic heterocycles. The fourth-order valence-corrected chi connectivity index (χ4v) is 4.07. The molecular formula is C25H22BrFN2O. The van der Waals surface area contributed by atoms with Gasteiger partial charge in [-0.3, -0.25) is 4.79 Å². The highest BCUT2D eigenvalue weighted by molar-refractivity contribution is 9.10. The molecular weight excluding hydrogens is 443 g/mol. The molecule has 0 atom stereocenters. The zero-order valence-electron chi connectivity index (χ0n) is 16.4. The van der Waals surface area contributed by atoms with Crippen molar-refractivity contribution in [1.29, 1.82) is 0 Å². The first-order valence-electron chi connectivity index (χ1n) is 9.91. The van der Waals surface area contributed by atoms with Gasteiger partial charge in [0.15, 0.2) is 0 Å². The number of hydrogen-bond acceptors (Lipinski definition) is 1. The van der Waals surface area contributed by atoms with E-state index < -0.39 is 0 Å². The van der Waals surface area contributed by atoms with Gasteiger partial charge in [0.25, 0.3) is 0 Å². The van der Waals surface area contributed by atoms with E-state index in [2.05, 4.69) is 44.1 Å². The highest BCUT2D eigenvalue weighted by Crippen LogP contribution is 2.24. The molecule has 30 heavy (non-hydrogen) atoms. The number of fused-ring (bicyclic) bond motifs is 1. The maximum atomic E-state index is 13.2. The Hall–Kier alpha value is -2.92. The Balaban J connectivity index is 1.43. The Bertz CT molecular complexity index is 1170. The van der Waals surface area contributed by atoms with Gasteiger partial charge in [0.1, 0.15) is 5.82 Å². The summed E-state index contributed by atoms with van der Waals surface area (Å²) in [5.74, 6) is -0.198. The quantitative estimate of drug-likeness (QED) is 0.366. The number of carbonyl (C=O) groups excluding carboxylic acids is 1. The van der Waals surface area contributed by atoms with Crippen molar-refractivity contribution in [2.24, 2.45) is 0 Å². The average molecular weight is 465 g/mol. The Morgan fingerprint density at radius 2 is 1.77 bits per heavy atom. The van der Waals surface area contributed by atoms with Crippen LogP contribution < -0.4 is 5.32 Å². The van der Waals surface area contributed by atoms with E-state index in [-0.39, 0.29) is 11.7 Å². The first-order chi connectivity index (χ1) is 14.6. The molecule has 3 nitrogen and oxygen atoms in total. The van der Waals surface area contributed by atoms with Gasteiger partial charge in [-0.1, -0.05) is 58.4 Å². The molecule has 1 amide bonds. The van der Waals surface area contributed by atoms with Gasteiger partial charge < -0.3 is 9.88 Å². The van der Waals surface area contributed by atoms with Crippen molar-refractivity contribution in [3.05, 3.63) is 106 Å². The molecule has 0 fully saturated rings. The Morgan fingerprint density at radius 1 is 0.967 bits per heavy atom. The van der Waals surface area contributed by atoms with E-state index in [0.717, 1.165) is 32.1 Å². The largest absolute Gasteiger partial charge is 0.352 e. The first-order valence-corrected chi connectivity index (χ1v) is 10.7. The lowest BCUT2D eigenvalue weighted by atomic mass is 10.1. The topological polar surface area (TPSA) is 34.0 Å². The molecule has 5 heteroatoms. The van der Waals surface area contributed by atoms with Crippen molar-refractivity contribution in [1.82, 2.24) is 9.88 Å². The summed E-state index contributed by atoms with van der Waals surface area (Å²) in [6.07, 6.45) is 3.20. The fraction of sp³-hybridized carbons (Fsp3) is 0.160. The molecule has 0 saturated heterocycles. The molecule has 0 spiro atoms. The van der Waals surface area contributed by atoms with Crippen LogP contribution in [-0.2, 0) is 24.3 Å². The van der Waals surface area contributed by atoms with Gasteiger partial charge in [0, 0.05) is 41.1 Å². The zero-order valence-corrected chi connectivity index (χ0v) is 18.0. The van der Waals surface area contributed by atoms with Gasteiger partial charge in [-0.05, 0) is 53.4 Å². The fourth-order valence-electron chi connectivity index (χ4n) is 3.62. The molecule has 1 heterocycles. The Kier molecular flexibility index (Phi) is 6.29. The van der Waals surface area contributed by atoms with Crippen LogP contribution in [0.2, 0.25) is 0 Å². The van der Waals surface area contributed by atoms with Crippen LogP contribution in [0.15, 0.2) is 83.5 Å². The third kappa shape index (κ3) is 4.97. The van der Waals surface area contributed by atoms with Crippen molar-refractivity contribution < 1.29 is 9.18 Å². The molecule has 0 bridgehead atoms. The van der Waals surface area contributed by atoms with Crippen LogP contribution in [0.1, 0.15) is 23.1 Å². The van der Waals surface area contributed by atoms with Gasteiger partial charge in [-0.15, -0.1) is 0 Å². The maximum Gasteiger partial charge on any atom is 0.220 e. The predicted molar refractivity (Wildman–Crippen MR) is 122 cm³/mol. The van der Waals surface area contributed by atoms with Gasteiger partial charge in [-0.25, -0.2) is 4.39 Å². The van der Waals surface area contributed by atoms with E-state index in [4.69, 9.17) is 0 Å². The minimum atomic E-state index is -0.231. The first kappa shape index (κ1) is 20.4. The summed E-state index contributed by atoms with van der Waals surface area (Å²) in [5, 5.41) is 4.15. The van der Waals surface area contributed by atoms with E-state index in [9.17, 15) is 9.18 Å². The molecule has 0 aliphatic carbocycles. The van der Waals surface area contributed by atoms with Gasteiger partial charge in [0.05, 0.1) is 0 Å². The lowest BCUT2D eigenvalue weighted by Crippen LogP contribution is -2.22. The number of hydrogen-bond donors (Lipinski definition) is 1. The monoisotopic (exact) mass is 464 g/mol. The zero-order chi connectivity index (χ0) is 20.9. The Morgan fingerprint density at radius 3 is 2.57 bits per heavy atom. The molecule has 4 rings (SSSR count). The van der Waals surface area contributed by atoms with E-state index in [1.54, 1.807) is 12.1 Å². The number of carbonyl (C=O) groups is 1. The summed E-state index contributed by atoms with van der Waals surface area (Å²) in [7, 11) is 0. The number of benzene rings is 3. The highest BCUT2D eigenvalue weighted by atomic mass is 79.9. The van der Waals surface area contributed by atoms with Crippen molar-refractivity contribution in [3.8, 4) is 0 Å². The average Bonchev–Trinajstić information content (AvgIpc) is 3.10. The van der Waals surface area contributed by atoms with E-state index in [1.165, 1.54) is 12.1 Å². The minimum Gasteiger partial charge on any atom is -0.352 e. The van der Waals surface area contributed by atoms with Crippen molar-refractivity contribution in [2.75, 3.05) is 0 Å². The molecule has 3 aromatic carbocycles. The smallest absolute Gasteiger partial charge is 0.220 e. The summed E-state index contributed by atoms with van der Waals surface area (Å²) >= 11 is 3.45. The second-order valence-corrected chi connectivity index (χ2v) is 8.25. The summed E-state index contributed by atoms with van der Waals surface area (Å²) < 4.78 is 16.4. The maximum absolute atomic E-state index is 13.2. The SMILES string of the molecule is O=C(CCc1cn(Cc2ccc(F)cc2)c2ccccc12)NCc1cccc(Br)c1. The molecule has 0 radical (unpaired) electrons. The number of amides is 1. The Labute approximate surface area is 183 Å². The molecule has 1 N–H and O–H groups in total. The number of aryl methyl sites for hydroxylation is 1. The van der Waals surface area contributed by atoms with Crippen LogP contribution in [0.25, 0.3) is 10.9 Å². The number of rotatable bonds is 7. The number of nitrogens with one attached hydrogen (secondary N) is 1. The van der Waals surface area contributed by atoms with E-state index in [1.807, 2.05) is 36.4 Å². The van der Waals surface area contributed by atoms with Crippen LogP contribution in [0.5, 0.6) is 0 Å². The van der Waals surface area contributed by atoms with Crippen molar-refractivity contribution >= 4 is 32.7 Å². The number of halogens is 2. The number of nitrogens with zero attached hydrogens (tertiary/aromatic N) is 1. The van der Waals surface area contributed by atoms with Gasteiger partial charge in [0.2, 0.25) is 5.91 Å². The third-order valence-corrected chi connectivity index (χ3v) is 5.63. The third-order valence-electron chi connectivity index (χ3n) is 5.14. The second-order valence-electron chi connectivity index (χ2n) is 7.33. The summed E-state index contributed by atoms with van der Waals surface area (Å²) in [4.78, 5) is 12.4. The summed E-state index contributed by atoms with van der Waals surface area (Å²) in [6, 6.07) is 22.7.